The van der Waals surface area contributed by atoms with Crippen molar-refractivity contribution in [1.29, 1.82) is 0 Å². The summed E-state index contributed by atoms with van der Waals surface area (Å²) in [5.74, 6) is 1.55. The Balaban J connectivity index is 0.00000242. The largest absolute Gasteiger partial charge is 0.493 e. The minimum atomic E-state index is -0.330. The molecule has 2 rings (SSSR count). The van der Waals surface area contributed by atoms with Crippen LogP contribution in [0.3, 0.4) is 0 Å². The molecule has 1 aliphatic rings. The van der Waals surface area contributed by atoms with Crippen LogP contribution in [0.1, 0.15) is 37.0 Å². The van der Waals surface area contributed by atoms with Crippen molar-refractivity contribution in [2.75, 3.05) is 20.3 Å². The Hall–Kier alpha value is -1.46. The Morgan fingerprint density at radius 1 is 1.41 bits per heavy atom. The summed E-state index contributed by atoms with van der Waals surface area (Å²) in [6, 6.07) is 5.20. The molecule has 6 heteroatoms. The lowest BCUT2D eigenvalue weighted by atomic mass is 9.95. The fourth-order valence-corrected chi connectivity index (χ4v) is 2.46. The second kappa shape index (κ2) is 7.70. The molecule has 1 amide bonds. The maximum atomic E-state index is 12.4. The molecule has 1 aromatic carbocycles. The first-order valence-electron chi connectivity index (χ1n) is 7.37. The van der Waals surface area contributed by atoms with Gasteiger partial charge in [-0.1, -0.05) is 0 Å². The number of amides is 1. The normalized spacial score (nSPS) is 16.2. The average molecular weight is 329 g/mol. The third kappa shape index (κ3) is 4.05. The standard InChI is InChI=1S/C16H24N2O3.ClH/c1-4-21-13-8-5-11(9-14(13)20-3)15(19)18-16(2,10-17)12-6-7-12;/h5,8-9,12H,4,6-7,10,17H2,1-3H3,(H,18,19);1H. The van der Waals surface area contributed by atoms with E-state index in [9.17, 15) is 4.79 Å². The zero-order chi connectivity index (χ0) is 15.5. The van der Waals surface area contributed by atoms with E-state index in [1.165, 1.54) is 0 Å². The number of carbonyl (C=O) groups is 1. The van der Waals surface area contributed by atoms with Gasteiger partial charge in [-0.25, -0.2) is 0 Å². The molecule has 1 saturated carbocycles. The molecule has 0 heterocycles. The van der Waals surface area contributed by atoms with Crippen molar-refractivity contribution < 1.29 is 14.3 Å². The van der Waals surface area contributed by atoms with E-state index in [2.05, 4.69) is 5.32 Å². The third-order valence-corrected chi connectivity index (χ3v) is 4.03. The van der Waals surface area contributed by atoms with Crippen LogP contribution < -0.4 is 20.5 Å². The first-order valence-corrected chi connectivity index (χ1v) is 7.37. The Morgan fingerprint density at radius 2 is 2.09 bits per heavy atom. The van der Waals surface area contributed by atoms with Crippen molar-refractivity contribution in [3.8, 4) is 11.5 Å². The number of nitrogens with one attached hydrogen (secondary N) is 1. The highest BCUT2D eigenvalue weighted by atomic mass is 35.5. The van der Waals surface area contributed by atoms with E-state index in [-0.39, 0.29) is 23.9 Å². The van der Waals surface area contributed by atoms with Gasteiger partial charge in [-0.3, -0.25) is 4.79 Å². The number of carbonyl (C=O) groups excluding carboxylic acids is 1. The third-order valence-electron chi connectivity index (χ3n) is 4.03. The Kier molecular flexibility index (Phi) is 6.50. The van der Waals surface area contributed by atoms with E-state index in [0.717, 1.165) is 12.8 Å². The molecule has 1 fully saturated rings. The molecule has 1 unspecified atom stereocenters. The first-order chi connectivity index (χ1) is 10.0. The molecule has 0 saturated heterocycles. The fourth-order valence-electron chi connectivity index (χ4n) is 2.46. The summed E-state index contributed by atoms with van der Waals surface area (Å²) in [4.78, 5) is 12.4. The average Bonchev–Trinajstić information content (AvgIpc) is 3.32. The number of ether oxygens (including phenoxy) is 2. The van der Waals surface area contributed by atoms with Crippen LogP contribution in [-0.4, -0.2) is 31.7 Å². The summed E-state index contributed by atoms with van der Waals surface area (Å²) in [7, 11) is 1.56. The highest BCUT2D eigenvalue weighted by Crippen LogP contribution is 2.39. The predicted molar refractivity (Wildman–Crippen MR) is 89.1 cm³/mol. The van der Waals surface area contributed by atoms with E-state index < -0.39 is 0 Å². The molecule has 0 bridgehead atoms. The van der Waals surface area contributed by atoms with Crippen LogP contribution in [-0.2, 0) is 0 Å². The van der Waals surface area contributed by atoms with Crippen molar-refractivity contribution in [3.05, 3.63) is 23.8 Å². The van der Waals surface area contributed by atoms with Crippen LogP contribution in [0.25, 0.3) is 0 Å². The highest BCUT2D eigenvalue weighted by Gasteiger charge is 2.41. The fraction of sp³-hybridized carbons (Fsp3) is 0.562. The molecule has 124 valence electrons. The lowest BCUT2D eigenvalue weighted by Gasteiger charge is -2.29. The summed E-state index contributed by atoms with van der Waals surface area (Å²) in [5, 5.41) is 3.06. The topological polar surface area (TPSA) is 73.6 Å². The van der Waals surface area contributed by atoms with Gasteiger partial charge in [0, 0.05) is 12.1 Å². The minimum absolute atomic E-state index is 0. The maximum absolute atomic E-state index is 12.4. The number of hydrogen-bond donors (Lipinski definition) is 2. The van der Waals surface area contributed by atoms with E-state index in [0.29, 0.717) is 36.1 Å². The molecule has 1 aliphatic carbocycles. The zero-order valence-corrected chi connectivity index (χ0v) is 14.2. The van der Waals surface area contributed by atoms with E-state index >= 15 is 0 Å². The summed E-state index contributed by atoms with van der Waals surface area (Å²) >= 11 is 0. The summed E-state index contributed by atoms with van der Waals surface area (Å²) in [6.07, 6.45) is 2.25. The lowest BCUT2D eigenvalue weighted by molar-refractivity contribution is 0.0897. The van der Waals surface area contributed by atoms with E-state index in [1.54, 1.807) is 25.3 Å². The molecular weight excluding hydrogens is 304 g/mol. The molecule has 0 spiro atoms. The Morgan fingerprint density at radius 3 is 2.59 bits per heavy atom. The highest BCUT2D eigenvalue weighted by molar-refractivity contribution is 5.95. The van der Waals surface area contributed by atoms with Crippen molar-refractivity contribution in [3.63, 3.8) is 0 Å². The molecule has 1 aromatic rings. The monoisotopic (exact) mass is 328 g/mol. The van der Waals surface area contributed by atoms with Crippen LogP contribution in [0.2, 0.25) is 0 Å². The SMILES string of the molecule is CCOc1ccc(C(=O)NC(C)(CN)C2CC2)cc1OC.Cl. The van der Waals surface area contributed by atoms with Gasteiger partial charge in [0.25, 0.3) is 5.91 Å². The predicted octanol–water partition coefficient (Wildman–Crippen LogP) is 2.37. The second-order valence-electron chi connectivity index (χ2n) is 5.65. The van der Waals surface area contributed by atoms with Crippen LogP contribution >= 0.6 is 12.4 Å². The van der Waals surface area contributed by atoms with Gasteiger partial charge in [0.05, 0.1) is 19.3 Å². The zero-order valence-electron chi connectivity index (χ0n) is 13.3. The van der Waals surface area contributed by atoms with Gasteiger partial charge < -0.3 is 20.5 Å². The summed E-state index contributed by atoms with van der Waals surface area (Å²) in [5.41, 5.74) is 6.06. The van der Waals surface area contributed by atoms with Gasteiger partial charge in [0.1, 0.15) is 0 Å². The van der Waals surface area contributed by atoms with Crippen molar-refractivity contribution in [1.82, 2.24) is 5.32 Å². The number of rotatable bonds is 7. The van der Waals surface area contributed by atoms with E-state index in [4.69, 9.17) is 15.2 Å². The number of nitrogens with two attached hydrogens (primary N) is 1. The van der Waals surface area contributed by atoms with Gasteiger partial charge in [-0.15, -0.1) is 12.4 Å². The van der Waals surface area contributed by atoms with Crippen LogP contribution in [0.15, 0.2) is 18.2 Å². The van der Waals surface area contributed by atoms with Crippen molar-refractivity contribution in [2.24, 2.45) is 11.7 Å². The van der Waals surface area contributed by atoms with E-state index in [1.807, 2.05) is 13.8 Å². The number of benzene rings is 1. The van der Waals surface area contributed by atoms with Gasteiger partial charge in [-0.05, 0) is 50.8 Å². The first kappa shape index (κ1) is 18.6. The van der Waals surface area contributed by atoms with Crippen LogP contribution in [0.5, 0.6) is 11.5 Å². The quantitative estimate of drug-likeness (QED) is 0.806. The van der Waals surface area contributed by atoms with Crippen LogP contribution in [0, 0.1) is 5.92 Å². The maximum Gasteiger partial charge on any atom is 0.251 e. The number of halogens is 1. The summed E-state index contributed by atoms with van der Waals surface area (Å²) < 4.78 is 10.7. The minimum Gasteiger partial charge on any atom is -0.493 e. The van der Waals surface area contributed by atoms with Crippen LogP contribution in [0.4, 0.5) is 0 Å². The molecule has 5 nitrogen and oxygen atoms in total. The molecule has 1 atom stereocenters. The molecule has 0 aliphatic heterocycles. The lowest BCUT2D eigenvalue weighted by Crippen LogP contribution is -2.53. The number of hydrogen-bond acceptors (Lipinski definition) is 4. The molecule has 0 radical (unpaired) electrons. The van der Waals surface area contributed by atoms with Gasteiger partial charge >= 0.3 is 0 Å². The second-order valence-corrected chi connectivity index (χ2v) is 5.65. The molecule has 22 heavy (non-hydrogen) atoms. The molecular formula is C16H25ClN2O3. The van der Waals surface area contributed by atoms with Crippen molar-refractivity contribution in [2.45, 2.75) is 32.2 Å². The molecule has 0 aromatic heterocycles. The van der Waals surface area contributed by atoms with Gasteiger partial charge in [-0.2, -0.15) is 0 Å². The Labute approximate surface area is 138 Å². The Bertz CT molecular complexity index is 520. The van der Waals surface area contributed by atoms with Gasteiger partial charge in [0.2, 0.25) is 0 Å². The number of methoxy groups -OCH3 is 1. The van der Waals surface area contributed by atoms with Crippen molar-refractivity contribution >= 4 is 18.3 Å². The smallest absolute Gasteiger partial charge is 0.251 e. The molecule has 3 N–H and O–H groups in total. The summed E-state index contributed by atoms with van der Waals surface area (Å²) in [6.45, 7) is 4.91. The van der Waals surface area contributed by atoms with Gasteiger partial charge in [0.15, 0.2) is 11.5 Å².